The van der Waals surface area contributed by atoms with Crippen molar-refractivity contribution in [1.29, 1.82) is 0 Å². The molecule has 0 saturated carbocycles. The molecule has 102 valence electrons. The maximum absolute atomic E-state index is 12.1. The van der Waals surface area contributed by atoms with Crippen LogP contribution in [0.5, 0.6) is 0 Å². The third-order valence-electron chi connectivity index (χ3n) is 2.28. The highest BCUT2D eigenvalue weighted by atomic mass is 35.5. The number of halogens is 1. The molecule has 0 atom stereocenters. The Labute approximate surface area is 120 Å². The second kappa shape index (κ2) is 5.87. The Morgan fingerprint density at radius 1 is 1.47 bits per heavy atom. The molecular formula is C11H12ClN3O2S2. The van der Waals surface area contributed by atoms with E-state index in [1.165, 1.54) is 17.5 Å². The lowest BCUT2D eigenvalue weighted by Crippen LogP contribution is -2.13. The van der Waals surface area contributed by atoms with Gasteiger partial charge in [-0.2, -0.15) is 0 Å². The predicted molar refractivity (Wildman–Crippen MR) is 77.1 cm³/mol. The van der Waals surface area contributed by atoms with E-state index in [2.05, 4.69) is 15.0 Å². The number of aromatic nitrogens is 1. The number of thiophene rings is 1. The summed E-state index contributed by atoms with van der Waals surface area (Å²) in [5.41, 5.74) is 0. The highest BCUT2D eigenvalue weighted by Gasteiger charge is 2.18. The van der Waals surface area contributed by atoms with Gasteiger partial charge in [0.25, 0.3) is 10.0 Å². The summed E-state index contributed by atoms with van der Waals surface area (Å²) in [5.74, 6) is 0.130. The van der Waals surface area contributed by atoms with E-state index in [4.69, 9.17) is 11.6 Å². The van der Waals surface area contributed by atoms with Crippen LogP contribution < -0.4 is 10.0 Å². The zero-order valence-electron chi connectivity index (χ0n) is 10.1. The van der Waals surface area contributed by atoms with Gasteiger partial charge in [0.1, 0.15) is 0 Å². The Hall–Kier alpha value is -1.15. The molecule has 0 aliphatic rings. The van der Waals surface area contributed by atoms with Crippen LogP contribution in [0, 0.1) is 0 Å². The summed E-state index contributed by atoms with van der Waals surface area (Å²) in [7, 11) is -1.84. The minimum Gasteiger partial charge on any atom is -0.315 e. The van der Waals surface area contributed by atoms with Crippen LogP contribution in [0.4, 0.5) is 5.82 Å². The Balaban J connectivity index is 2.25. The van der Waals surface area contributed by atoms with Crippen molar-refractivity contribution in [2.75, 3.05) is 11.8 Å². The first-order valence-corrected chi connectivity index (χ1v) is 8.12. The largest absolute Gasteiger partial charge is 0.315 e. The molecule has 0 bridgehead atoms. The van der Waals surface area contributed by atoms with Gasteiger partial charge in [0, 0.05) is 23.0 Å². The Kier molecular flexibility index (Phi) is 4.41. The SMILES string of the molecule is CNCc1cc(S(=O)(=O)Nc2ncccc2Cl)cs1. The van der Waals surface area contributed by atoms with Crippen molar-refractivity contribution >= 4 is 38.8 Å². The number of pyridine rings is 1. The van der Waals surface area contributed by atoms with E-state index in [0.717, 1.165) is 4.88 Å². The van der Waals surface area contributed by atoms with E-state index >= 15 is 0 Å². The van der Waals surface area contributed by atoms with Gasteiger partial charge in [0.15, 0.2) is 5.82 Å². The molecule has 0 spiro atoms. The number of sulfonamides is 1. The molecule has 0 amide bonds. The van der Waals surface area contributed by atoms with E-state index in [0.29, 0.717) is 6.54 Å². The smallest absolute Gasteiger partial charge is 0.263 e. The molecule has 2 aromatic rings. The predicted octanol–water partition coefficient (Wildman–Crippen LogP) is 2.32. The number of nitrogens with zero attached hydrogens (tertiary/aromatic N) is 1. The molecule has 0 saturated heterocycles. The maximum Gasteiger partial charge on any atom is 0.263 e. The highest BCUT2D eigenvalue weighted by Crippen LogP contribution is 2.24. The molecule has 0 aromatic carbocycles. The molecule has 0 unspecified atom stereocenters. The van der Waals surface area contributed by atoms with Crippen molar-refractivity contribution in [2.24, 2.45) is 0 Å². The van der Waals surface area contributed by atoms with Crippen molar-refractivity contribution in [3.05, 3.63) is 39.7 Å². The standard InChI is InChI=1S/C11H12ClN3O2S2/c1-13-6-8-5-9(7-18-8)19(16,17)15-11-10(12)3-2-4-14-11/h2-5,7,13H,6H2,1H3,(H,14,15). The van der Waals surface area contributed by atoms with E-state index in [1.807, 2.05) is 0 Å². The molecule has 0 fully saturated rings. The fourth-order valence-electron chi connectivity index (χ4n) is 1.42. The summed E-state index contributed by atoms with van der Waals surface area (Å²) < 4.78 is 26.7. The molecular weight excluding hydrogens is 306 g/mol. The molecule has 2 rings (SSSR count). The monoisotopic (exact) mass is 317 g/mol. The molecule has 19 heavy (non-hydrogen) atoms. The van der Waals surface area contributed by atoms with Crippen LogP contribution in [0.2, 0.25) is 5.02 Å². The third-order valence-corrected chi connectivity index (χ3v) is 4.99. The zero-order chi connectivity index (χ0) is 13.9. The highest BCUT2D eigenvalue weighted by molar-refractivity contribution is 7.92. The van der Waals surface area contributed by atoms with Crippen LogP contribution in [0.15, 0.2) is 34.7 Å². The summed E-state index contributed by atoms with van der Waals surface area (Å²) >= 11 is 7.26. The van der Waals surface area contributed by atoms with Gasteiger partial charge in [-0.15, -0.1) is 11.3 Å². The average Bonchev–Trinajstić information content (AvgIpc) is 2.82. The van der Waals surface area contributed by atoms with Gasteiger partial charge in [-0.25, -0.2) is 13.4 Å². The lowest BCUT2D eigenvalue weighted by molar-refractivity contribution is 0.601. The minimum atomic E-state index is -3.65. The molecule has 2 aromatic heterocycles. The Bertz CT molecular complexity index is 670. The first kappa shape index (κ1) is 14.3. The summed E-state index contributed by atoms with van der Waals surface area (Å²) in [6, 6.07) is 4.84. The van der Waals surface area contributed by atoms with Crippen LogP contribution in [-0.4, -0.2) is 20.4 Å². The van der Waals surface area contributed by atoms with Gasteiger partial charge in [-0.3, -0.25) is 4.72 Å². The Morgan fingerprint density at radius 3 is 2.95 bits per heavy atom. The molecule has 0 aliphatic heterocycles. The summed E-state index contributed by atoms with van der Waals surface area (Å²) in [6.07, 6.45) is 1.48. The van der Waals surface area contributed by atoms with Gasteiger partial charge < -0.3 is 5.32 Å². The first-order valence-electron chi connectivity index (χ1n) is 5.38. The third kappa shape index (κ3) is 3.44. The van der Waals surface area contributed by atoms with E-state index in [1.54, 1.807) is 30.6 Å². The normalized spacial score (nSPS) is 11.5. The second-order valence-electron chi connectivity index (χ2n) is 3.72. The zero-order valence-corrected chi connectivity index (χ0v) is 12.4. The second-order valence-corrected chi connectivity index (χ2v) is 6.80. The van der Waals surface area contributed by atoms with Gasteiger partial charge in [-0.05, 0) is 25.2 Å². The van der Waals surface area contributed by atoms with Gasteiger partial charge in [0.05, 0.1) is 9.92 Å². The minimum absolute atomic E-state index is 0.130. The number of hydrogen-bond donors (Lipinski definition) is 2. The summed E-state index contributed by atoms with van der Waals surface area (Å²) in [6.45, 7) is 0.629. The number of anilines is 1. The first-order chi connectivity index (χ1) is 9.03. The molecule has 2 N–H and O–H groups in total. The number of hydrogen-bond acceptors (Lipinski definition) is 5. The quantitative estimate of drug-likeness (QED) is 0.888. The number of rotatable bonds is 5. The molecule has 8 heteroatoms. The fraction of sp³-hybridized carbons (Fsp3) is 0.182. The Morgan fingerprint density at radius 2 is 2.26 bits per heavy atom. The summed E-state index contributed by atoms with van der Waals surface area (Å²) in [5, 5.41) is 4.82. The van der Waals surface area contributed by atoms with E-state index in [9.17, 15) is 8.42 Å². The topological polar surface area (TPSA) is 71.1 Å². The van der Waals surface area contributed by atoms with Crippen LogP contribution in [0.3, 0.4) is 0 Å². The fourth-order valence-corrected chi connectivity index (χ4v) is 3.96. The van der Waals surface area contributed by atoms with E-state index in [-0.39, 0.29) is 15.7 Å². The molecule has 0 aliphatic carbocycles. The van der Waals surface area contributed by atoms with Gasteiger partial charge in [-0.1, -0.05) is 11.6 Å². The van der Waals surface area contributed by atoms with Crippen LogP contribution >= 0.6 is 22.9 Å². The van der Waals surface area contributed by atoms with Crippen LogP contribution in [0.1, 0.15) is 4.88 Å². The van der Waals surface area contributed by atoms with Crippen molar-refractivity contribution in [3.8, 4) is 0 Å². The van der Waals surface area contributed by atoms with Gasteiger partial charge in [0.2, 0.25) is 0 Å². The average molecular weight is 318 g/mol. The van der Waals surface area contributed by atoms with Crippen LogP contribution in [-0.2, 0) is 16.6 Å². The number of nitrogens with one attached hydrogen (secondary N) is 2. The van der Waals surface area contributed by atoms with Gasteiger partial charge >= 0.3 is 0 Å². The lowest BCUT2D eigenvalue weighted by Gasteiger charge is -2.06. The van der Waals surface area contributed by atoms with Crippen molar-refractivity contribution < 1.29 is 8.42 Å². The summed E-state index contributed by atoms with van der Waals surface area (Å²) in [4.78, 5) is 5.05. The van der Waals surface area contributed by atoms with Crippen LogP contribution in [0.25, 0.3) is 0 Å². The molecule has 2 heterocycles. The lowest BCUT2D eigenvalue weighted by atomic mass is 10.5. The van der Waals surface area contributed by atoms with Crippen molar-refractivity contribution in [1.82, 2.24) is 10.3 Å². The van der Waals surface area contributed by atoms with E-state index < -0.39 is 10.0 Å². The maximum atomic E-state index is 12.1. The van der Waals surface area contributed by atoms with Crippen molar-refractivity contribution in [3.63, 3.8) is 0 Å². The molecule has 0 radical (unpaired) electrons. The van der Waals surface area contributed by atoms with Crippen molar-refractivity contribution in [2.45, 2.75) is 11.4 Å². The molecule has 5 nitrogen and oxygen atoms in total.